The molecule has 0 spiro atoms. The Kier molecular flexibility index (Phi) is 8.09. The van der Waals surface area contributed by atoms with Crippen molar-refractivity contribution in [3.05, 3.63) is 12.2 Å². The summed E-state index contributed by atoms with van der Waals surface area (Å²) in [7, 11) is 0. The van der Waals surface area contributed by atoms with Gasteiger partial charge in [0, 0.05) is 25.0 Å². The van der Waals surface area contributed by atoms with Crippen molar-refractivity contribution < 1.29 is 28.7 Å². The van der Waals surface area contributed by atoms with E-state index in [1.165, 1.54) is 0 Å². The van der Waals surface area contributed by atoms with Crippen LogP contribution in [0.1, 0.15) is 39.5 Å². The molecule has 1 heterocycles. The number of ether oxygens (including phenoxy) is 2. The molecule has 0 bridgehead atoms. The monoisotopic (exact) mass is 256 g/mol. The van der Waals surface area contributed by atoms with E-state index in [0.29, 0.717) is 12.8 Å². The average Bonchev–Trinajstić information content (AvgIpc) is 2.63. The Balaban J connectivity index is 0.000000351. The SMILES string of the molecule is CCCC(=O)OC(=O)CCC.O=C1C=CC(=O)O1. The lowest BCUT2D eigenvalue weighted by Crippen LogP contribution is -2.10. The molecule has 0 aromatic rings. The van der Waals surface area contributed by atoms with Crippen LogP contribution in [-0.2, 0) is 28.7 Å². The minimum absolute atomic E-state index is 0.329. The van der Waals surface area contributed by atoms with E-state index >= 15 is 0 Å². The van der Waals surface area contributed by atoms with Crippen molar-refractivity contribution >= 4 is 23.9 Å². The molecule has 1 rings (SSSR count). The highest BCUT2D eigenvalue weighted by molar-refractivity contribution is 6.04. The minimum atomic E-state index is -0.579. The van der Waals surface area contributed by atoms with E-state index in [1.807, 2.05) is 13.8 Å². The van der Waals surface area contributed by atoms with Crippen LogP contribution in [0, 0.1) is 0 Å². The highest BCUT2D eigenvalue weighted by Crippen LogP contribution is 1.96. The van der Waals surface area contributed by atoms with Crippen LogP contribution in [-0.4, -0.2) is 23.9 Å². The first-order chi connectivity index (χ1) is 8.49. The summed E-state index contributed by atoms with van der Waals surface area (Å²) < 4.78 is 8.43. The third-order valence-corrected chi connectivity index (χ3v) is 1.69. The number of rotatable bonds is 4. The van der Waals surface area contributed by atoms with Crippen molar-refractivity contribution in [2.45, 2.75) is 39.5 Å². The summed E-state index contributed by atoms with van der Waals surface area (Å²) in [6.07, 6.45) is 4.27. The Morgan fingerprint density at radius 2 is 1.39 bits per heavy atom. The molecule has 0 saturated carbocycles. The number of esters is 4. The van der Waals surface area contributed by atoms with Gasteiger partial charge in [-0.25, -0.2) is 9.59 Å². The lowest BCUT2D eigenvalue weighted by atomic mass is 10.3. The van der Waals surface area contributed by atoms with E-state index in [4.69, 9.17) is 0 Å². The second-order valence-corrected chi connectivity index (χ2v) is 3.42. The molecule has 0 saturated heterocycles. The molecular weight excluding hydrogens is 240 g/mol. The summed E-state index contributed by atoms with van der Waals surface area (Å²) in [5.41, 5.74) is 0. The van der Waals surface area contributed by atoms with Crippen molar-refractivity contribution in [2.24, 2.45) is 0 Å². The quantitative estimate of drug-likeness (QED) is 0.556. The van der Waals surface area contributed by atoms with Gasteiger partial charge in [0.1, 0.15) is 0 Å². The largest absolute Gasteiger partial charge is 0.393 e. The van der Waals surface area contributed by atoms with E-state index in [9.17, 15) is 19.2 Å². The highest BCUT2D eigenvalue weighted by atomic mass is 16.6. The lowest BCUT2D eigenvalue weighted by molar-refractivity contribution is -0.160. The van der Waals surface area contributed by atoms with Gasteiger partial charge in [-0.15, -0.1) is 0 Å². The predicted molar refractivity (Wildman–Crippen MR) is 61.2 cm³/mol. The van der Waals surface area contributed by atoms with Gasteiger partial charge in [0.2, 0.25) is 0 Å². The lowest BCUT2D eigenvalue weighted by Gasteiger charge is -1.98. The van der Waals surface area contributed by atoms with Crippen molar-refractivity contribution in [2.75, 3.05) is 0 Å². The molecule has 6 heteroatoms. The summed E-state index contributed by atoms with van der Waals surface area (Å²) in [5.74, 6) is -1.98. The average molecular weight is 256 g/mol. The van der Waals surface area contributed by atoms with Gasteiger partial charge in [0.15, 0.2) is 0 Å². The van der Waals surface area contributed by atoms with Gasteiger partial charge in [0.25, 0.3) is 0 Å². The van der Waals surface area contributed by atoms with Crippen LogP contribution in [0.4, 0.5) is 0 Å². The van der Waals surface area contributed by atoms with Crippen LogP contribution in [0.3, 0.4) is 0 Å². The molecule has 0 radical (unpaired) electrons. The third kappa shape index (κ3) is 8.20. The molecule has 0 aliphatic carbocycles. The van der Waals surface area contributed by atoms with Gasteiger partial charge < -0.3 is 9.47 Å². The number of carbonyl (C=O) groups excluding carboxylic acids is 4. The Bertz CT molecular complexity index is 324. The highest BCUT2D eigenvalue weighted by Gasteiger charge is 2.10. The van der Waals surface area contributed by atoms with Crippen LogP contribution in [0.25, 0.3) is 0 Å². The summed E-state index contributed by atoms with van der Waals surface area (Å²) in [4.78, 5) is 41.2. The Labute approximate surface area is 105 Å². The topological polar surface area (TPSA) is 86.7 Å². The molecule has 0 atom stereocenters. The second-order valence-electron chi connectivity index (χ2n) is 3.42. The molecular formula is C12H16O6. The maximum absolute atomic E-state index is 10.7. The first-order valence-electron chi connectivity index (χ1n) is 5.66. The number of cyclic esters (lactones) is 2. The molecule has 0 unspecified atom stereocenters. The fourth-order valence-electron chi connectivity index (χ4n) is 0.941. The fourth-order valence-corrected chi connectivity index (χ4v) is 0.941. The Morgan fingerprint density at radius 3 is 1.61 bits per heavy atom. The van der Waals surface area contributed by atoms with Crippen molar-refractivity contribution in [3.63, 3.8) is 0 Å². The van der Waals surface area contributed by atoms with Gasteiger partial charge in [-0.05, 0) is 12.8 Å². The maximum atomic E-state index is 10.7. The van der Waals surface area contributed by atoms with E-state index in [0.717, 1.165) is 25.0 Å². The standard InChI is InChI=1S/C8H14O3.C4H2O3/c1-3-5-7(9)11-8(10)6-4-2;5-3-1-2-4(6)7-3/h3-6H2,1-2H3;1-2H. The van der Waals surface area contributed by atoms with Crippen LogP contribution in [0.15, 0.2) is 12.2 Å². The smallest absolute Gasteiger partial charge is 0.338 e. The van der Waals surface area contributed by atoms with Gasteiger partial charge in [-0.2, -0.15) is 0 Å². The van der Waals surface area contributed by atoms with Crippen molar-refractivity contribution in [1.29, 1.82) is 0 Å². The summed E-state index contributed by atoms with van der Waals surface area (Å²) in [5, 5.41) is 0. The first kappa shape index (κ1) is 16.0. The van der Waals surface area contributed by atoms with Crippen LogP contribution < -0.4 is 0 Å². The molecule has 0 aromatic heterocycles. The van der Waals surface area contributed by atoms with Gasteiger partial charge >= 0.3 is 23.9 Å². The second kappa shape index (κ2) is 9.09. The molecule has 100 valence electrons. The number of hydrogen-bond donors (Lipinski definition) is 0. The molecule has 0 amide bonds. The Hall–Kier alpha value is -1.98. The summed E-state index contributed by atoms with van der Waals surface area (Å²) in [6, 6.07) is 0. The Morgan fingerprint density at radius 1 is 1.00 bits per heavy atom. The van der Waals surface area contributed by atoms with Gasteiger partial charge in [-0.3, -0.25) is 9.59 Å². The van der Waals surface area contributed by atoms with E-state index < -0.39 is 23.9 Å². The zero-order valence-electron chi connectivity index (χ0n) is 10.4. The minimum Gasteiger partial charge on any atom is -0.393 e. The molecule has 0 aromatic carbocycles. The van der Waals surface area contributed by atoms with Crippen LogP contribution in [0.2, 0.25) is 0 Å². The zero-order valence-corrected chi connectivity index (χ0v) is 10.4. The van der Waals surface area contributed by atoms with E-state index in [-0.39, 0.29) is 0 Å². The van der Waals surface area contributed by atoms with Crippen LogP contribution >= 0.6 is 0 Å². The number of carbonyl (C=O) groups is 4. The summed E-state index contributed by atoms with van der Waals surface area (Å²) in [6.45, 7) is 3.73. The molecule has 1 aliphatic rings. The molecule has 6 nitrogen and oxygen atoms in total. The predicted octanol–water partition coefficient (Wildman–Crippen LogP) is 1.28. The molecule has 0 N–H and O–H groups in total. The first-order valence-corrected chi connectivity index (χ1v) is 5.66. The zero-order chi connectivity index (χ0) is 14.0. The third-order valence-electron chi connectivity index (χ3n) is 1.69. The van der Waals surface area contributed by atoms with E-state index in [2.05, 4.69) is 9.47 Å². The van der Waals surface area contributed by atoms with Crippen molar-refractivity contribution in [3.8, 4) is 0 Å². The molecule has 1 aliphatic heterocycles. The normalized spacial score (nSPS) is 12.6. The van der Waals surface area contributed by atoms with Gasteiger partial charge in [-0.1, -0.05) is 13.8 Å². The maximum Gasteiger partial charge on any atom is 0.338 e. The number of hydrogen-bond acceptors (Lipinski definition) is 6. The van der Waals surface area contributed by atoms with Crippen molar-refractivity contribution in [1.82, 2.24) is 0 Å². The summed E-state index contributed by atoms with van der Waals surface area (Å²) >= 11 is 0. The van der Waals surface area contributed by atoms with Gasteiger partial charge in [0.05, 0.1) is 0 Å². The van der Waals surface area contributed by atoms with E-state index in [1.54, 1.807) is 0 Å². The van der Waals surface area contributed by atoms with Crippen LogP contribution in [0.5, 0.6) is 0 Å². The molecule has 0 fully saturated rings. The fraction of sp³-hybridized carbons (Fsp3) is 0.500. The molecule has 18 heavy (non-hydrogen) atoms.